The van der Waals surface area contributed by atoms with E-state index in [-0.39, 0.29) is 5.91 Å². The van der Waals surface area contributed by atoms with Gasteiger partial charge in [0.15, 0.2) is 0 Å². The Kier molecular flexibility index (Phi) is 6.33. The lowest BCUT2D eigenvalue weighted by molar-refractivity contribution is -0.131. The highest BCUT2D eigenvalue weighted by molar-refractivity contribution is 6.33. The predicted molar refractivity (Wildman–Crippen MR) is 118 cm³/mol. The molecular formula is C23H25ClN4O2. The number of rotatable bonds is 6. The molecule has 2 aromatic carbocycles. The third-order valence-corrected chi connectivity index (χ3v) is 5.79. The van der Waals surface area contributed by atoms with Crippen LogP contribution in [0.5, 0.6) is 0 Å². The highest BCUT2D eigenvalue weighted by Gasteiger charge is 2.22. The number of aromatic nitrogens is 2. The van der Waals surface area contributed by atoms with Crippen LogP contribution in [0.25, 0.3) is 11.4 Å². The number of halogens is 1. The Labute approximate surface area is 181 Å². The summed E-state index contributed by atoms with van der Waals surface area (Å²) in [6.07, 6.45) is 1.80. The van der Waals surface area contributed by atoms with Crippen LogP contribution in [0.15, 0.2) is 53.1 Å². The van der Waals surface area contributed by atoms with E-state index in [2.05, 4.69) is 34.1 Å². The standard InChI is InChI=1S/C23H25ClN4O2/c1-2-17-7-9-18(10-8-17)23-25-21(30-26-23)11-12-22(29)28-15-13-27(14-16-28)20-6-4-3-5-19(20)24/h3-10H,2,11-16H2,1H3. The van der Waals surface area contributed by atoms with Crippen molar-refractivity contribution in [1.82, 2.24) is 15.0 Å². The number of aryl methyl sites for hydroxylation is 2. The van der Waals surface area contributed by atoms with Crippen LogP contribution in [0.3, 0.4) is 0 Å². The number of carbonyl (C=O) groups is 1. The van der Waals surface area contributed by atoms with Crippen LogP contribution in [0, 0.1) is 0 Å². The van der Waals surface area contributed by atoms with Gasteiger partial charge in [-0.25, -0.2) is 0 Å². The van der Waals surface area contributed by atoms with Crippen molar-refractivity contribution in [1.29, 1.82) is 0 Å². The molecule has 0 bridgehead atoms. The van der Waals surface area contributed by atoms with Crippen LogP contribution < -0.4 is 4.90 Å². The number of hydrogen-bond donors (Lipinski definition) is 0. The Morgan fingerprint density at radius 3 is 2.50 bits per heavy atom. The van der Waals surface area contributed by atoms with Gasteiger partial charge in [0, 0.05) is 44.6 Å². The van der Waals surface area contributed by atoms with Gasteiger partial charge in [-0.1, -0.05) is 60.1 Å². The van der Waals surface area contributed by atoms with Crippen LogP contribution in [0.4, 0.5) is 5.69 Å². The summed E-state index contributed by atoms with van der Waals surface area (Å²) in [6.45, 7) is 5.03. The van der Waals surface area contributed by atoms with Gasteiger partial charge in [-0.3, -0.25) is 4.79 Å². The summed E-state index contributed by atoms with van der Waals surface area (Å²) in [4.78, 5) is 21.2. The van der Waals surface area contributed by atoms with E-state index < -0.39 is 0 Å². The molecule has 1 aromatic heterocycles. The first-order valence-electron chi connectivity index (χ1n) is 10.3. The Balaban J connectivity index is 1.28. The summed E-state index contributed by atoms with van der Waals surface area (Å²) in [5.41, 5.74) is 3.21. The molecule has 0 N–H and O–H groups in total. The molecule has 0 atom stereocenters. The number of amides is 1. The van der Waals surface area contributed by atoms with Crippen molar-refractivity contribution in [3.8, 4) is 11.4 Å². The SMILES string of the molecule is CCc1ccc(-c2noc(CCC(=O)N3CCN(c4ccccc4Cl)CC3)n2)cc1. The first-order chi connectivity index (χ1) is 14.6. The first kappa shape index (κ1) is 20.4. The van der Waals surface area contributed by atoms with Crippen LogP contribution in [0.1, 0.15) is 24.8 Å². The summed E-state index contributed by atoms with van der Waals surface area (Å²) in [7, 11) is 0. The molecule has 7 heteroatoms. The zero-order valence-corrected chi connectivity index (χ0v) is 17.8. The number of para-hydroxylation sites is 1. The molecule has 0 radical (unpaired) electrons. The number of carbonyl (C=O) groups excluding carboxylic acids is 1. The van der Waals surface area contributed by atoms with Crippen LogP contribution >= 0.6 is 11.6 Å². The molecule has 1 fully saturated rings. The molecule has 4 rings (SSSR count). The van der Waals surface area contributed by atoms with E-state index in [1.54, 1.807) is 0 Å². The van der Waals surface area contributed by atoms with Gasteiger partial charge in [-0.15, -0.1) is 0 Å². The fraction of sp³-hybridized carbons (Fsp3) is 0.348. The van der Waals surface area contributed by atoms with E-state index in [0.717, 1.165) is 35.8 Å². The molecular weight excluding hydrogens is 400 g/mol. The van der Waals surface area contributed by atoms with Crippen molar-refractivity contribution in [2.75, 3.05) is 31.1 Å². The van der Waals surface area contributed by atoms with Gasteiger partial charge in [-0.05, 0) is 24.1 Å². The second kappa shape index (κ2) is 9.30. The first-order valence-corrected chi connectivity index (χ1v) is 10.7. The Morgan fingerprint density at radius 2 is 1.80 bits per heavy atom. The van der Waals surface area contributed by atoms with Crippen LogP contribution in [-0.4, -0.2) is 47.1 Å². The molecule has 1 aliphatic heterocycles. The molecule has 1 amide bonds. The van der Waals surface area contributed by atoms with Gasteiger partial charge < -0.3 is 14.3 Å². The van der Waals surface area contributed by atoms with E-state index >= 15 is 0 Å². The molecule has 2 heterocycles. The number of benzene rings is 2. The maximum atomic E-state index is 12.6. The fourth-order valence-corrected chi connectivity index (χ4v) is 3.90. The maximum absolute atomic E-state index is 12.6. The van der Waals surface area contributed by atoms with E-state index in [1.807, 2.05) is 41.3 Å². The lowest BCUT2D eigenvalue weighted by Crippen LogP contribution is -2.48. The van der Waals surface area contributed by atoms with Gasteiger partial charge in [0.1, 0.15) is 0 Å². The smallest absolute Gasteiger partial charge is 0.227 e. The van der Waals surface area contributed by atoms with Gasteiger partial charge in [0.05, 0.1) is 10.7 Å². The van der Waals surface area contributed by atoms with Gasteiger partial charge >= 0.3 is 0 Å². The zero-order valence-electron chi connectivity index (χ0n) is 17.1. The summed E-state index contributed by atoms with van der Waals surface area (Å²) in [5, 5.41) is 4.80. The van der Waals surface area contributed by atoms with Gasteiger partial charge in [-0.2, -0.15) is 4.98 Å². The van der Waals surface area contributed by atoms with Crippen LogP contribution in [0.2, 0.25) is 5.02 Å². The quantitative estimate of drug-likeness (QED) is 0.592. The highest BCUT2D eigenvalue weighted by Crippen LogP contribution is 2.26. The summed E-state index contributed by atoms with van der Waals surface area (Å²) in [6, 6.07) is 15.9. The van der Waals surface area contributed by atoms with Crippen molar-refractivity contribution in [3.05, 3.63) is 65.0 Å². The van der Waals surface area contributed by atoms with E-state index in [1.165, 1.54) is 5.56 Å². The number of nitrogens with zero attached hydrogens (tertiary/aromatic N) is 4. The van der Waals surface area contributed by atoms with Gasteiger partial charge in [0.2, 0.25) is 17.6 Å². The average molecular weight is 425 g/mol. The highest BCUT2D eigenvalue weighted by atomic mass is 35.5. The molecule has 156 valence electrons. The summed E-state index contributed by atoms with van der Waals surface area (Å²) >= 11 is 6.29. The predicted octanol–water partition coefficient (Wildman–Crippen LogP) is 4.23. The zero-order chi connectivity index (χ0) is 20.9. The lowest BCUT2D eigenvalue weighted by Gasteiger charge is -2.36. The average Bonchev–Trinajstić information content (AvgIpc) is 3.27. The Bertz CT molecular complexity index is 994. The lowest BCUT2D eigenvalue weighted by atomic mass is 10.1. The topological polar surface area (TPSA) is 62.5 Å². The molecule has 30 heavy (non-hydrogen) atoms. The maximum Gasteiger partial charge on any atom is 0.227 e. The minimum Gasteiger partial charge on any atom is -0.367 e. The van der Waals surface area contributed by atoms with Crippen molar-refractivity contribution in [3.63, 3.8) is 0 Å². The molecule has 3 aromatic rings. The second-order valence-electron chi connectivity index (χ2n) is 7.38. The minimum atomic E-state index is 0.112. The third-order valence-electron chi connectivity index (χ3n) is 5.47. The fourth-order valence-electron chi connectivity index (χ4n) is 3.64. The van der Waals surface area contributed by atoms with E-state index in [9.17, 15) is 4.79 Å². The molecule has 0 saturated carbocycles. The molecule has 6 nitrogen and oxygen atoms in total. The Hall–Kier alpha value is -2.86. The van der Waals surface area contributed by atoms with E-state index in [0.29, 0.717) is 37.6 Å². The van der Waals surface area contributed by atoms with Crippen molar-refractivity contribution < 1.29 is 9.32 Å². The molecule has 0 spiro atoms. The molecule has 0 aliphatic carbocycles. The monoisotopic (exact) mass is 424 g/mol. The van der Waals surface area contributed by atoms with Crippen molar-refractivity contribution in [2.45, 2.75) is 26.2 Å². The largest absolute Gasteiger partial charge is 0.367 e. The minimum absolute atomic E-state index is 0.112. The molecule has 1 aliphatic rings. The third kappa shape index (κ3) is 4.65. The Morgan fingerprint density at radius 1 is 1.07 bits per heavy atom. The normalized spacial score (nSPS) is 14.2. The summed E-state index contributed by atoms with van der Waals surface area (Å²) in [5.74, 6) is 1.17. The number of hydrogen-bond acceptors (Lipinski definition) is 5. The molecule has 0 unspecified atom stereocenters. The van der Waals surface area contributed by atoms with Gasteiger partial charge in [0.25, 0.3) is 0 Å². The second-order valence-corrected chi connectivity index (χ2v) is 7.79. The number of anilines is 1. The van der Waals surface area contributed by atoms with Crippen molar-refractivity contribution in [2.24, 2.45) is 0 Å². The van der Waals surface area contributed by atoms with Crippen LogP contribution in [-0.2, 0) is 17.6 Å². The van der Waals surface area contributed by atoms with E-state index in [4.69, 9.17) is 16.1 Å². The number of piperazine rings is 1. The van der Waals surface area contributed by atoms with Crippen molar-refractivity contribution >= 4 is 23.2 Å². The molecule has 1 saturated heterocycles. The summed E-state index contributed by atoms with van der Waals surface area (Å²) < 4.78 is 5.35.